The molecule has 0 bridgehead atoms. The molecule has 1 aromatic heterocycles. The molecule has 2 aromatic rings. The molecule has 1 aliphatic carbocycles. The van der Waals surface area contributed by atoms with E-state index in [0.29, 0.717) is 6.54 Å². The number of hydrogen-bond donors (Lipinski definition) is 1. The molecule has 0 spiro atoms. The van der Waals surface area contributed by atoms with Crippen LogP contribution in [0.2, 0.25) is 0 Å². The molecule has 1 heterocycles. The summed E-state index contributed by atoms with van der Waals surface area (Å²) in [6, 6.07) is 10.8. The molecule has 1 aromatic carbocycles. The summed E-state index contributed by atoms with van der Waals surface area (Å²) in [6.45, 7) is 3.19. The van der Waals surface area contributed by atoms with Gasteiger partial charge >= 0.3 is 0 Å². The third-order valence-corrected chi connectivity index (χ3v) is 4.82. The van der Waals surface area contributed by atoms with Crippen molar-refractivity contribution in [2.24, 2.45) is 0 Å². The number of carbonyl (C=O) groups excluding carboxylic acids is 1. The fraction of sp³-hybridized carbons (Fsp3) is 0.474. The van der Waals surface area contributed by atoms with Crippen LogP contribution in [0.5, 0.6) is 0 Å². The number of hydrogen-bond acceptors (Lipinski definition) is 3. The van der Waals surface area contributed by atoms with Crippen LogP contribution in [0.4, 0.5) is 0 Å². The molecule has 0 radical (unpaired) electrons. The maximum Gasteiger partial charge on any atom is 0.236 e. The van der Waals surface area contributed by atoms with Gasteiger partial charge in [0.2, 0.25) is 5.91 Å². The van der Waals surface area contributed by atoms with E-state index in [1.165, 1.54) is 11.1 Å². The molecule has 5 heteroatoms. The lowest BCUT2D eigenvalue weighted by Crippen LogP contribution is -2.42. The van der Waals surface area contributed by atoms with Gasteiger partial charge in [0.25, 0.3) is 0 Å². The second-order valence-corrected chi connectivity index (χ2v) is 6.62. The molecule has 1 N–H and O–H groups in total. The third-order valence-electron chi connectivity index (χ3n) is 4.82. The topological polar surface area (TPSA) is 50.2 Å². The lowest BCUT2D eigenvalue weighted by atomic mass is 9.87. The fourth-order valence-corrected chi connectivity index (χ4v) is 3.44. The Kier molecular flexibility index (Phi) is 5.30. The van der Waals surface area contributed by atoms with Crippen LogP contribution in [0.15, 0.2) is 42.7 Å². The zero-order chi connectivity index (χ0) is 16.9. The smallest absolute Gasteiger partial charge is 0.236 e. The van der Waals surface area contributed by atoms with Crippen molar-refractivity contribution in [3.8, 4) is 0 Å². The maximum atomic E-state index is 12.6. The average Bonchev–Trinajstić information content (AvgIpc) is 3.11. The van der Waals surface area contributed by atoms with Gasteiger partial charge in [-0.15, -0.1) is 0 Å². The van der Waals surface area contributed by atoms with Gasteiger partial charge in [-0.3, -0.25) is 9.48 Å². The van der Waals surface area contributed by atoms with Gasteiger partial charge in [0.05, 0.1) is 19.1 Å². The van der Waals surface area contributed by atoms with Crippen LogP contribution >= 0.6 is 0 Å². The predicted molar refractivity (Wildman–Crippen MR) is 94.6 cm³/mol. The molecule has 1 aliphatic rings. The number of rotatable bonds is 6. The Morgan fingerprint density at radius 3 is 3.04 bits per heavy atom. The molecular formula is C19H26N4O. The lowest BCUT2D eigenvalue weighted by molar-refractivity contribution is -0.131. The maximum absolute atomic E-state index is 12.6. The number of amides is 1. The van der Waals surface area contributed by atoms with E-state index in [9.17, 15) is 4.79 Å². The van der Waals surface area contributed by atoms with E-state index in [1.54, 1.807) is 6.20 Å². The van der Waals surface area contributed by atoms with E-state index >= 15 is 0 Å². The highest BCUT2D eigenvalue weighted by molar-refractivity contribution is 5.78. The Morgan fingerprint density at radius 1 is 1.42 bits per heavy atom. The van der Waals surface area contributed by atoms with Crippen LogP contribution in [-0.2, 0) is 17.8 Å². The van der Waals surface area contributed by atoms with Crippen molar-refractivity contribution in [1.82, 2.24) is 20.0 Å². The molecule has 24 heavy (non-hydrogen) atoms. The van der Waals surface area contributed by atoms with Crippen molar-refractivity contribution in [3.05, 3.63) is 53.9 Å². The highest BCUT2D eigenvalue weighted by Gasteiger charge is 2.26. The Hall–Kier alpha value is -2.14. The van der Waals surface area contributed by atoms with E-state index in [4.69, 9.17) is 0 Å². The van der Waals surface area contributed by atoms with Crippen LogP contribution in [-0.4, -0.2) is 40.2 Å². The Morgan fingerprint density at radius 2 is 2.25 bits per heavy atom. The molecule has 0 unspecified atom stereocenters. The summed E-state index contributed by atoms with van der Waals surface area (Å²) in [6.07, 6.45) is 7.01. The first-order chi connectivity index (χ1) is 11.6. The highest BCUT2D eigenvalue weighted by Crippen LogP contribution is 2.33. The van der Waals surface area contributed by atoms with Gasteiger partial charge in [-0.25, -0.2) is 0 Å². The second kappa shape index (κ2) is 7.62. The minimum atomic E-state index is 0.143. The number of carbonyl (C=O) groups is 1. The summed E-state index contributed by atoms with van der Waals surface area (Å²) in [7, 11) is 1.93. The van der Waals surface area contributed by atoms with Crippen LogP contribution in [0, 0.1) is 0 Å². The summed E-state index contributed by atoms with van der Waals surface area (Å²) in [5, 5.41) is 7.51. The van der Waals surface area contributed by atoms with Crippen molar-refractivity contribution in [3.63, 3.8) is 0 Å². The fourth-order valence-electron chi connectivity index (χ4n) is 3.44. The third kappa shape index (κ3) is 3.85. The second-order valence-electron chi connectivity index (χ2n) is 6.62. The van der Waals surface area contributed by atoms with E-state index < -0.39 is 0 Å². The predicted octanol–water partition coefficient (Wildman–Crippen LogP) is 2.40. The molecule has 0 saturated carbocycles. The molecule has 0 fully saturated rings. The van der Waals surface area contributed by atoms with Gasteiger partial charge in [-0.05, 0) is 43.4 Å². The van der Waals surface area contributed by atoms with Crippen LogP contribution in [0.3, 0.4) is 0 Å². The highest BCUT2D eigenvalue weighted by atomic mass is 16.2. The number of aromatic nitrogens is 2. The standard InChI is InChI=1S/C19H26N4O/c1-15(14-23-12-6-11-21-23)20-13-19(24)22(2)18-10-5-8-16-7-3-4-9-17(16)18/h3-4,6-7,9,11-12,15,18,20H,5,8,10,13-14H2,1-2H3/t15-,18+/m1/s1. The molecule has 0 saturated heterocycles. The lowest BCUT2D eigenvalue weighted by Gasteiger charge is -2.33. The Labute approximate surface area is 143 Å². The Bertz CT molecular complexity index is 668. The van der Waals surface area contributed by atoms with Gasteiger partial charge in [0, 0.05) is 25.5 Å². The minimum absolute atomic E-state index is 0.143. The summed E-state index contributed by atoms with van der Waals surface area (Å²) in [5.74, 6) is 0.143. The molecule has 128 valence electrons. The first-order valence-corrected chi connectivity index (χ1v) is 8.69. The largest absolute Gasteiger partial charge is 0.338 e. The van der Waals surface area contributed by atoms with Gasteiger partial charge in [0.1, 0.15) is 0 Å². The zero-order valence-corrected chi connectivity index (χ0v) is 14.5. The molecular weight excluding hydrogens is 300 g/mol. The van der Waals surface area contributed by atoms with Crippen molar-refractivity contribution < 1.29 is 4.79 Å². The van der Waals surface area contributed by atoms with Crippen molar-refractivity contribution in [2.45, 2.75) is 44.8 Å². The first kappa shape index (κ1) is 16.7. The number of benzene rings is 1. The van der Waals surface area contributed by atoms with Gasteiger partial charge in [-0.2, -0.15) is 5.10 Å². The van der Waals surface area contributed by atoms with Crippen molar-refractivity contribution >= 4 is 5.91 Å². The van der Waals surface area contributed by atoms with Crippen LogP contribution in [0.25, 0.3) is 0 Å². The van der Waals surface area contributed by atoms with Gasteiger partial charge in [-0.1, -0.05) is 24.3 Å². The van der Waals surface area contributed by atoms with Crippen molar-refractivity contribution in [1.29, 1.82) is 0 Å². The summed E-state index contributed by atoms with van der Waals surface area (Å²) < 4.78 is 1.88. The van der Waals surface area contributed by atoms with Crippen LogP contribution in [0.1, 0.15) is 36.9 Å². The quantitative estimate of drug-likeness (QED) is 0.887. The molecule has 5 nitrogen and oxygen atoms in total. The zero-order valence-electron chi connectivity index (χ0n) is 14.5. The summed E-state index contributed by atoms with van der Waals surface area (Å²) in [5.41, 5.74) is 2.69. The Balaban J connectivity index is 1.55. The molecule has 2 atom stereocenters. The average molecular weight is 326 g/mol. The monoisotopic (exact) mass is 326 g/mol. The van der Waals surface area contributed by atoms with E-state index in [1.807, 2.05) is 28.9 Å². The number of fused-ring (bicyclic) bond motifs is 1. The van der Waals surface area contributed by atoms with Gasteiger partial charge in [0.15, 0.2) is 0 Å². The van der Waals surface area contributed by atoms with Gasteiger partial charge < -0.3 is 10.2 Å². The number of aryl methyl sites for hydroxylation is 1. The number of likely N-dealkylation sites (N-methyl/N-ethyl adjacent to an activating group) is 1. The minimum Gasteiger partial charge on any atom is -0.338 e. The van der Waals surface area contributed by atoms with E-state index in [0.717, 1.165) is 25.8 Å². The summed E-state index contributed by atoms with van der Waals surface area (Å²) in [4.78, 5) is 14.5. The normalized spacial score (nSPS) is 18.0. The SMILES string of the molecule is C[C@H](Cn1cccn1)NCC(=O)N(C)[C@H]1CCCc2ccccc21. The van der Waals surface area contributed by atoms with E-state index in [2.05, 4.69) is 41.6 Å². The number of nitrogens with one attached hydrogen (secondary N) is 1. The molecule has 1 amide bonds. The van der Waals surface area contributed by atoms with E-state index in [-0.39, 0.29) is 18.0 Å². The number of nitrogens with zero attached hydrogens (tertiary/aromatic N) is 3. The van der Waals surface area contributed by atoms with Crippen molar-refractivity contribution in [2.75, 3.05) is 13.6 Å². The first-order valence-electron chi connectivity index (χ1n) is 8.69. The summed E-state index contributed by atoms with van der Waals surface area (Å²) >= 11 is 0. The molecule has 0 aliphatic heterocycles. The van der Waals surface area contributed by atoms with Crippen LogP contribution < -0.4 is 5.32 Å². The molecule has 3 rings (SSSR count).